The first-order valence-electron chi connectivity index (χ1n) is 12.1. The molecule has 0 heterocycles. The summed E-state index contributed by atoms with van der Waals surface area (Å²) in [4.78, 5) is 0. The van der Waals surface area contributed by atoms with E-state index in [0.717, 1.165) is 17.0 Å². The summed E-state index contributed by atoms with van der Waals surface area (Å²) in [6.07, 6.45) is 3.40. The van der Waals surface area contributed by atoms with Crippen LogP contribution in [0.4, 0.5) is 0 Å². The molecule has 4 aromatic carbocycles. The first kappa shape index (κ1) is 26.0. The molecule has 0 spiro atoms. The summed E-state index contributed by atoms with van der Waals surface area (Å²) < 4.78 is 15.7. The maximum absolute atomic E-state index is 9.02. The molecule has 5 nitrogen and oxygen atoms in total. The summed E-state index contributed by atoms with van der Waals surface area (Å²) in [5.41, 5.74) is 0.937. The maximum atomic E-state index is 9.02. The van der Waals surface area contributed by atoms with Crippen molar-refractivity contribution in [1.82, 2.24) is 0 Å². The second-order valence-electron chi connectivity index (χ2n) is 8.67. The van der Waals surface area contributed by atoms with Gasteiger partial charge in [-0.2, -0.15) is 0 Å². The van der Waals surface area contributed by atoms with Crippen molar-refractivity contribution in [2.45, 2.75) is 20.0 Å². The van der Waals surface area contributed by atoms with Crippen LogP contribution in [0.3, 0.4) is 0 Å². The SMILES string of the molecule is CCP(c1ccccc1)(c1ccccc1)(c1ccccc1)c1ccccc1C(C)OB(OC#N)OC#N. The van der Waals surface area contributed by atoms with Crippen molar-refractivity contribution in [3.05, 3.63) is 121 Å². The first-order valence-corrected chi connectivity index (χ1v) is 14.6. The van der Waals surface area contributed by atoms with E-state index in [1.54, 1.807) is 12.5 Å². The average Bonchev–Trinajstić information content (AvgIpc) is 2.96. The third-order valence-electron chi connectivity index (χ3n) is 7.13. The van der Waals surface area contributed by atoms with E-state index >= 15 is 0 Å². The molecule has 1 atom stereocenters. The summed E-state index contributed by atoms with van der Waals surface area (Å²) in [7, 11) is -1.43. The van der Waals surface area contributed by atoms with Crippen LogP contribution in [0.25, 0.3) is 0 Å². The zero-order chi connectivity index (χ0) is 26.2. The van der Waals surface area contributed by atoms with E-state index in [9.17, 15) is 0 Å². The summed E-state index contributed by atoms with van der Waals surface area (Å²) in [6.45, 7) is 0.800. The molecule has 0 aromatic heterocycles. The molecule has 7 heteroatoms. The van der Waals surface area contributed by atoms with Crippen molar-refractivity contribution in [2.75, 3.05) is 6.16 Å². The van der Waals surface area contributed by atoms with E-state index in [1.807, 2.05) is 37.3 Å². The molecule has 0 aliphatic heterocycles. The van der Waals surface area contributed by atoms with Gasteiger partial charge in [0.25, 0.3) is 0 Å². The van der Waals surface area contributed by atoms with Crippen molar-refractivity contribution in [1.29, 1.82) is 10.5 Å². The Morgan fingerprint density at radius 1 is 0.676 bits per heavy atom. The predicted octanol–water partition coefficient (Wildman–Crippen LogP) is 4.92. The molecule has 0 aliphatic carbocycles. The van der Waals surface area contributed by atoms with E-state index in [-0.39, 0.29) is 0 Å². The second-order valence-corrected chi connectivity index (χ2v) is 13.9. The minimum atomic E-state index is -3.34. The third-order valence-corrected chi connectivity index (χ3v) is 14.2. The van der Waals surface area contributed by atoms with Crippen LogP contribution in [-0.4, -0.2) is 13.5 Å². The molecule has 1 unspecified atom stereocenters. The Hall–Kier alpha value is -4.09. The Balaban J connectivity index is 2.12. The van der Waals surface area contributed by atoms with Gasteiger partial charge in [0.1, 0.15) is 0 Å². The molecule has 0 amide bonds. The summed E-state index contributed by atoms with van der Waals surface area (Å²) in [5, 5.41) is 22.9. The molecule has 0 bridgehead atoms. The molecule has 4 rings (SSSR count). The number of nitrogens with zero attached hydrogens (tertiary/aromatic N) is 2. The Morgan fingerprint density at radius 2 is 1.08 bits per heavy atom. The van der Waals surface area contributed by atoms with Gasteiger partial charge in [0.15, 0.2) is 0 Å². The molecule has 0 N–H and O–H groups in total. The van der Waals surface area contributed by atoms with Crippen molar-refractivity contribution in [3.63, 3.8) is 0 Å². The van der Waals surface area contributed by atoms with E-state index < -0.39 is 20.0 Å². The van der Waals surface area contributed by atoms with Crippen LogP contribution < -0.4 is 21.2 Å². The molecule has 0 radical (unpaired) electrons. The average molecular weight is 506 g/mol. The zero-order valence-corrected chi connectivity index (χ0v) is 21.8. The van der Waals surface area contributed by atoms with Gasteiger partial charge in [-0.15, -0.1) is 0 Å². The second kappa shape index (κ2) is 11.3. The molecule has 0 aliphatic rings. The van der Waals surface area contributed by atoms with Gasteiger partial charge < -0.3 is 0 Å². The Morgan fingerprint density at radius 3 is 1.49 bits per heavy atom. The van der Waals surface area contributed by atoms with Gasteiger partial charge in [-0.1, -0.05) is 0 Å². The summed E-state index contributed by atoms with van der Waals surface area (Å²) in [5.74, 6) is 0. The molecular formula is C30H28BN2O3P. The Bertz CT molecular complexity index is 1290. The normalized spacial score (nSPS) is 12.7. The standard InChI is InChI=1S/C30H28BN2O3P/c1-3-37(26-15-7-4-8-16-26,27-17-9-5-10-18-27,28-19-11-6-12-20-28)30-22-14-13-21-29(30)25(2)36-31(34-23-32)35-24-33/h4-22,25H,3H2,1-2H3. The van der Waals surface area contributed by atoms with Crippen molar-refractivity contribution in [2.24, 2.45) is 0 Å². The minimum absolute atomic E-state index is 0.549. The zero-order valence-electron chi connectivity index (χ0n) is 20.9. The first-order chi connectivity index (χ1) is 18.1. The molecule has 4 aromatic rings. The fourth-order valence-corrected chi connectivity index (χ4v) is 12.4. The van der Waals surface area contributed by atoms with E-state index in [2.05, 4.69) is 91.9 Å². The van der Waals surface area contributed by atoms with Crippen LogP contribution in [0.15, 0.2) is 115 Å². The van der Waals surface area contributed by atoms with Gasteiger partial charge in [-0.3, -0.25) is 0 Å². The predicted molar refractivity (Wildman–Crippen MR) is 150 cm³/mol. The van der Waals surface area contributed by atoms with Crippen LogP contribution >= 0.6 is 6.60 Å². The third kappa shape index (κ3) is 4.36. The van der Waals surface area contributed by atoms with Crippen LogP contribution in [0, 0.1) is 23.0 Å². The van der Waals surface area contributed by atoms with Crippen LogP contribution in [-0.2, 0) is 14.0 Å². The molecule has 0 saturated heterocycles. The van der Waals surface area contributed by atoms with Crippen molar-refractivity contribution in [3.8, 4) is 12.5 Å². The monoisotopic (exact) mass is 506 g/mol. The van der Waals surface area contributed by atoms with Gasteiger partial charge in [-0.25, -0.2) is 0 Å². The number of hydrogen-bond donors (Lipinski definition) is 0. The van der Waals surface area contributed by atoms with E-state index in [0.29, 0.717) is 0 Å². The molecule has 184 valence electrons. The van der Waals surface area contributed by atoms with E-state index in [1.165, 1.54) is 15.9 Å². The van der Waals surface area contributed by atoms with Crippen molar-refractivity contribution < 1.29 is 14.0 Å². The number of nitriles is 2. The van der Waals surface area contributed by atoms with Crippen LogP contribution in [0.1, 0.15) is 25.5 Å². The topological polar surface area (TPSA) is 75.3 Å². The van der Waals surface area contributed by atoms with Crippen molar-refractivity contribution >= 4 is 35.1 Å². The quantitative estimate of drug-likeness (QED) is 0.174. The molecule has 37 heavy (non-hydrogen) atoms. The van der Waals surface area contributed by atoms with Crippen LogP contribution in [0.2, 0.25) is 0 Å². The van der Waals surface area contributed by atoms with Gasteiger partial charge in [0.05, 0.1) is 0 Å². The van der Waals surface area contributed by atoms with E-state index in [4.69, 9.17) is 24.5 Å². The van der Waals surface area contributed by atoms with Gasteiger partial charge in [-0.05, 0) is 0 Å². The number of benzene rings is 4. The summed E-state index contributed by atoms with van der Waals surface area (Å²) >= 11 is 0. The fourth-order valence-electron chi connectivity index (χ4n) is 5.54. The Labute approximate surface area is 219 Å². The fraction of sp³-hybridized carbons (Fsp3) is 0.133. The van der Waals surface area contributed by atoms with Gasteiger partial charge in [0.2, 0.25) is 0 Å². The Kier molecular flexibility index (Phi) is 7.95. The van der Waals surface area contributed by atoms with Crippen LogP contribution in [0.5, 0.6) is 0 Å². The molecular weight excluding hydrogens is 478 g/mol. The number of hydrogen-bond acceptors (Lipinski definition) is 5. The molecule has 0 fully saturated rings. The van der Waals surface area contributed by atoms with Gasteiger partial charge >= 0.3 is 219 Å². The van der Waals surface area contributed by atoms with Gasteiger partial charge in [0, 0.05) is 0 Å². The number of rotatable bonds is 10. The molecule has 0 saturated carbocycles. The summed E-state index contributed by atoms with van der Waals surface area (Å²) in [6, 6.07) is 40.3.